The lowest BCUT2D eigenvalue weighted by atomic mass is 9.82. The fraction of sp³-hybridized carbons (Fsp3) is 0.467. The average molecular weight is 242 g/mol. The van der Waals surface area contributed by atoms with Crippen LogP contribution in [0.15, 0.2) is 24.3 Å². The molecule has 0 spiro atoms. The lowest BCUT2D eigenvalue weighted by Gasteiger charge is -2.24. The first kappa shape index (κ1) is 12.6. The number of nitrogens with one attached hydrogen (secondary N) is 1. The summed E-state index contributed by atoms with van der Waals surface area (Å²) in [5.41, 5.74) is 2.49. The van der Waals surface area contributed by atoms with Gasteiger partial charge in [0.2, 0.25) is 5.91 Å². The van der Waals surface area contributed by atoms with E-state index in [1.165, 1.54) is 11.1 Å². The Hall–Kier alpha value is -1.82. The fourth-order valence-corrected chi connectivity index (χ4v) is 2.53. The first-order chi connectivity index (χ1) is 8.83. The van der Waals surface area contributed by atoms with Crippen LogP contribution in [0.3, 0.4) is 0 Å². The number of rotatable bonds is 4. The second-order valence-corrected chi connectivity index (χ2v) is 4.70. The topological polar surface area (TPSA) is 52.9 Å². The van der Waals surface area contributed by atoms with E-state index in [0.717, 1.165) is 25.7 Å². The largest absolute Gasteiger partial charge is 0.356 e. The highest BCUT2D eigenvalue weighted by atomic mass is 16.1. The average Bonchev–Trinajstić information content (AvgIpc) is 2.43. The lowest BCUT2D eigenvalue weighted by molar-refractivity contribution is -0.122. The zero-order chi connectivity index (χ0) is 12.8. The zero-order valence-corrected chi connectivity index (χ0v) is 10.5. The summed E-state index contributed by atoms with van der Waals surface area (Å²) in [5, 5.41) is 11.4. The molecule has 0 saturated carbocycles. The van der Waals surface area contributed by atoms with Gasteiger partial charge < -0.3 is 5.32 Å². The number of nitriles is 1. The van der Waals surface area contributed by atoms with E-state index in [1.54, 1.807) is 0 Å². The Kier molecular flexibility index (Phi) is 4.35. The molecule has 0 fully saturated rings. The number of aryl methyl sites for hydroxylation is 1. The van der Waals surface area contributed by atoms with Gasteiger partial charge in [-0.15, -0.1) is 0 Å². The summed E-state index contributed by atoms with van der Waals surface area (Å²) >= 11 is 0. The molecule has 0 radical (unpaired) electrons. The number of amides is 1. The van der Waals surface area contributed by atoms with Crippen molar-refractivity contribution in [1.82, 2.24) is 5.32 Å². The summed E-state index contributed by atoms with van der Waals surface area (Å²) in [7, 11) is 0. The van der Waals surface area contributed by atoms with Gasteiger partial charge in [-0.1, -0.05) is 24.3 Å². The highest BCUT2D eigenvalue weighted by Gasteiger charge is 2.25. The SMILES string of the molecule is N#CCCCNC(=O)C1CCCc2ccccc21. The third-order valence-corrected chi connectivity index (χ3v) is 3.45. The Bertz CT molecular complexity index is 462. The van der Waals surface area contributed by atoms with E-state index in [1.807, 2.05) is 12.1 Å². The Labute approximate surface area is 108 Å². The number of nitrogens with zero attached hydrogens (tertiary/aromatic N) is 1. The number of fused-ring (bicyclic) bond motifs is 1. The maximum atomic E-state index is 12.1. The third-order valence-electron chi connectivity index (χ3n) is 3.45. The molecule has 1 unspecified atom stereocenters. The van der Waals surface area contributed by atoms with E-state index in [9.17, 15) is 4.79 Å². The Balaban J connectivity index is 1.98. The predicted molar refractivity (Wildman–Crippen MR) is 70.0 cm³/mol. The van der Waals surface area contributed by atoms with Gasteiger partial charge in [0.15, 0.2) is 0 Å². The molecule has 1 N–H and O–H groups in total. The molecule has 0 saturated heterocycles. The molecule has 1 aromatic rings. The first-order valence-electron chi connectivity index (χ1n) is 6.55. The van der Waals surface area contributed by atoms with Crippen molar-refractivity contribution in [3.05, 3.63) is 35.4 Å². The molecule has 0 aliphatic heterocycles. The van der Waals surface area contributed by atoms with Crippen molar-refractivity contribution in [2.24, 2.45) is 0 Å². The molecular weight excluding hydrogens is 224 g/mol. The van der Waals surface area contributed by atoms with E-state index in [2.05, 4.69) is 23.5 Å². The van der Waals surface area contributed by atoms with Gasteiger partial charge in [0, 0.05) is 13.0 Å². The van der Waals surface area contributed by atoms with Crippen molar-refractivity contribution >= 4 is 5.91 Å². The maximum Gasteiger partial charge on any atom is 0.227 e. The number of hydrogen-bond acceptors (Lipinski definition) is 2. The third kappa shape index (κ3) is 2.89. The molecule has 1 aliphatic carbocycles. The van der Waals surface area contributed by atoms with Crippen LogP contribution in [0.5, 0.6) is 0 Å². The van der Waals surface area contributed by atoms with Crippen LogP contribution in [0.1, 0.15) is 42.7 Å². The van der Waals surface area contributed by atoms with E-state index < -0.39 is 0 Å². The maximum absolute atomic E-state index is 12.1. The van der Waals surface area contributed by atoms with Gasteiger partial charge >= 0.3 is 0 Å². The van der Waals surface area contributed by atoms with Crippen LogP contribution in [0.2, 0.25) is 0 Å². The van der Waals surface area contributed by atoms with E-state index >= 15 is 0 Å². The van der Waals surface area contributed by atoms with Crippen LogP contribution in [-0.4, -0.2) is 12.5 Å². The van der Waals surface area contributed by atoms with Crippen molar-refractivity contribution in [3.8, 4) is 6.07 Å². The number of carbonyl (C=O) groups excluding carboxylic acids is 1. The van der Waals surface area contributed by atoms with Gasteiger partial charge in [0.25, 0.3) is 0 Å². The second kappa shape index (κ2) is 6.20. The Morgan fingerprint density at radius 2 is 2.28 bits per heavy atom. The molecule has 0 aromatic heterocycles. The minimum Gasteiger partial charge on any atom is -0.356 e. The summed E-state index contributed by atoms with van der Waals surface area (Å²) in [6, 6.07) is 10.3. The van der Waals surface area contributed by atoms with Crippen molar-refractivity contribution in [2.45, 2.75) is 38.0 Å². The molecule has 3 nitrogen and oxygen atoms in total. The predicted octanol–water partition coefficient (Wildman–Crippen LogP) is 2.53. The number of hydrogen-bond donors (Lipinski definition) is 1. The van der Waals surface area contributed by atoms with Gasteiger partial charge in [-0.3, -0.25) is 4.79 Å². The summed E-state index contributed by atoms with van der Waals surface area (Å²) in [6.45, 7) is 0.602. The van der Waals surface area contributed by atoms with Gasteiger partial charge in [-0.2, -0.15) is 5.26 Å². The minimum atomic E-state index is -0.00274. The van der Waals surface area contributed by atoms with E-state index in [-0.39, 0.29) is 11.8 Å². The summed E-state index contributed by atoms with van der Waals surface area (Å²) < 4.78 is 0. The molecule has 1 aromatic carbocycles. The van der Waals surface area contributed by atoms with Crippen molar-refractivity contribution < 1.29 is 4.79 Å². The highest BCUT2D eigenvalue weighted by Crippen LogP contribution is 2.31. The monoisotopic (exact) mass is 242 g/mol. The minimum absolute atomic E-state index is 0.00274. The first-order valence-corrected chi connectivity index (χ1v) is 6.55. The van der Waals surface area contributed by atoms with Crippen LogP contribution in [0.4, 0.5) is 0 Å². The van der Waals surface area contributed by atoms with Crippen molar-refractivity contribution in [2.75, 3.05) is 6.54 Å². The molecule has 18 heavy (non-hydrogen) atoms. The fourth-order valence-electron chi connectivity index (χ4n) is 2.53. The quantitative estimate of drug-likeness (QED) is 0.825. The second-order valence-electron chi connectivity index (χ2n) is 4.70. The Morgan fingerprint density at radius 1 is 1.44 bits per heavy atom. The van der Waals surface area contributed by atoms with E-state index in [0.29, 0.717) is 13.0 Å². The van der Waals surface area contributed by atoms with Gasteiger partial charge in [-0.25, -0.2) is 0 Å². The van der Waals surface area contributed by atoms with Crippen molar-refractivity contribution in [3.63, 3.8) is 0 Å². The molecule has 94 valence electrons. The number of carbonyl (C=O) groups is 1. The highest BCUT2D eigenvalue weighted by molar-refractivity contribution is 5.84. The van der Waals surface area contributed by atoms with Gasteiger partial charge in [0.1, 0.15) is 0 Å². The van der Waals surface area contributed by atoms with E-state index in [4.69, 9.17) is 5.26 Å². The number of unbranched alkanes of at least 4 members (excludes halogenated alkanes) is 1. The van der Waals surface area contributed by atoms with Crippen LogP contribution >= 0.6 is 0 Å². The van der Waals surface area contributed by atoms with Crippen LogP contribution < -0.4 is 5.32 Å². The molecule has 0 heterocycles. The van der Waals surface area contributed by atoms with Crippen LogP contribution in [-0.2, 0) is 11.2 Å². The molecule has 1 atom stereocenters. The summed E-state index contributed by atoms with van der Waals surface area (Å²) in [6.07, 6.45) is 4.32. The standard InChI is InChI=1S/C15H18N2O/c16-10-3-4-11-17-15(18)14-9-5-7-12-6-1-2-8-13(12)14/h1-2,6,8,14H,3-5,7,9,11H2,(H,17,18). The molecule has 0 bridgehead atoms. The number of benzene rings is 1. The van der Waals surface area contributed by atoms with Gasteiger partial charge in [0.05, 0.1) is 12.0 Å². The molecular formula is C15H18N2O. The zero-order valence-electron chi connectivity index (χ0n) is 10.5. The van der Waals surface area contributed by atoms with Crippen LogP contribution in [0.25, 0.3) is 0 Å². The molecule has 1 amide bonds. The summed E-state index contributed by atoms with van der Waals surface area (Å²) in [4.78, 5) is 12.1. The normalized spacial score (nSPS) is 17.6. The summed E-state index contributed by atoms with van der Waals surface area (Å²) in [5.74, 6) is 0.108. The molecule has 3 heteroatoms. The van der Waals surface area contributed by atoms with Crippen LogP contribution in [0, 0.1) is 11.3 Å². The Morgan fingerprint density at radius 3 is 3.11 bits per heavy atom. The molecule has 2 rings (SSSR count). The van der Waals surface area contributed by atoms with Gasteiger partial charge in [-0.05, 0) is 36.8 Å². The van der Waals surface area contributed by atoms with Crippen molar-refractivity contribution in [1.29, 1.82) is 5.26 Å². The smallest absolute Gasteiger partial charge is 0.227 e. The lowest BCUT2D eigenvalue weighted by Crippen LogP contribution is -2.32. The molecule has 1 aliphatic rings.